The number of aromatic nitrogens is 3. The first-order valence-corrected chi connectivity index (χ1v) is 27.8. The van der Waals surface area contributed by atoms with Gasteiger partial charge in [-0.3, -0.25) is 14.3 Å². The quantitative estimate of drug-likeness (QED) is 0.0112. The molecule has 6 heterocycles. The molecule has 5 aliphatic rings. The number of azide groups is 1. The van der Waals surface area contributed by atoms with Crippen molar-refractivity contribution in [3.8, 4) is 23.0 Å². The number of aryl methyl sites for hydroxylation is 1. The minimum Gasteiger partial charge on any atom is -0.508 e. The Balaban J connectivity index is 0.717. The van der Waals surface area contributed by atoms with Crippen LogP contribution in [0.4, 0.5) is 21.9 Å². The first-order chi connectivity index (χ1) is 37.6. The lowest BCUT2D eigenvalue weighted by molar-refractivity contribution is -0.131. The number of fused-ring (bicyclic) bond motifs is 7. The maximum atomic E-state index is 13.6. The van der Waals surface area contributed by atoms with Gasteiger partial charge in [0, 0.05) is 115 Å². The van der Waals surface area contributed by atoms with Gasteiger partial charge in [0.2, 0.25) is 11.8 Å². The lowest BCUT2D eigenvalue weighted by Gasteiger charge is -2.39. The Labute approximate surface area is 450 Å². The number of phenols is 1. The number of nitrogens with zero attached hydrogens (tertiary/aromatic N) is 10. The number of rotatable bonds is 24. The van der Waals surface area contributed by atoms with E-state index in [9.17, 15) is 24.3 Å². The van der Waals surface area contributed by atoms with Gasteiger partial charge in [0.05, 0.1) is 29.5 Å². The molecule has 4 amide bonds. The van der Waals surface area contributed by atoms with Gasteiger partial charge >= 0.3 is 12.0 Å². The highest BCUT2D eigenvalue weighted by atomic mass is 32.2. The molecule has 4 atom stereocenters. The summed E-state index contributed by atoms with van der Waals surface area (Å²) in [5.74, 6) is 1.97. The third kappa shape index (κ3) is 12.2. The molecule has 0 saturated carbocycles. The minimum absolute atomic E-state index is 0.00631. The van der Waals surface area contributed by atoms with E-state index in [2.05, 4.69) is 51.4 Å². The van der Waals surface area contributed by atoms with Crippen LogP contribution in [0.3, 0.4) is 0 Å². The summed E-state index contributed by atoms with van der Waals surface area (Å²) in [5.41, 5.74) is 12.1. The zero-order valence-electron chi connectivity index (χ0n) is 42.8. The summed E-state index contributed by atoms with van der Waals surface area (Å²) in [6.45, 7) is 4.28. The third-order valence-electron chi connectivity index (χ3n) is 14.8. The number of phenolic OH excluding ortho intramolecular Hbond substituents is 1. The van der Waals surface area contributed by atoms with Crippen LogP contribution in [0.15, 0.2) is 100 Å². The molecule has 3 saturated heterocycles. The predicted molar refractivity (Wildman–Crippen MR) is 288 cm³/mol. The Bertz CT molecular complexity index is 3050. The zero-order chi connectivity index (χ0) is 53.1. The first-order valence-electron chi connectivity index (χ1n) is 26.7. The van der Waals surface area contributed by atoms with Crippen molar-refractivity contribution in [3.63, 3.8) is 0 Å². The molecule has 402 valence electrons. The maximum absolute atomic E-state index is 13.6. The molecular formula is C55H63N13O8S. The molecule has 4 aromatic carbocycles. The predicted octanol–water partition coefficient (Wildman–Crippen LogP) is 9.47. The highest BCUT2D eigenvalue weighted by Gasteiger charge is 2.53. The molecule has 77 heavy (non-hydrogen) atoms. The topological polar surface area (TPSA) is 263 Å². The van der Waals surface area contributed by atoms with Crippen LogP contribution in [-0.2, 0) is 33.1 Å². The second-order valence-electron chi connectivity index (χ2n) is 20.0. The van der Waals surface area contributed by atoms with Crippen LogP contribution >= 0.6 is 11.8 Å². The Morgan fingerprint density at radius 2 is 1.68 bits per heavy atom. The van der Waals surface area contributed by atoms with Gasteiger partial charge in [-0.25, -0.2) is 9.59 Å². The molecule has 4 N–H and O–H groups in total. The maximum Gasteiger partial charge on any atom is 0.340 e. The molecule has 0 aliphatic carbocycles. The third-order valence-corrected chi connectivity index (χ3v) is 16.3. The number of hydrogen-bond acceptors (Lipinski definition) is 15. The van der Waals surface area contributed by atoms with Crippen molar-refractivity contribution >= 4 is 52.6 Å². The zero-order valence-corrected chi connectivity index (χ0v) is 43.7. The molecule has 22 heteroatoms. The lowest BCUT2D eigenvalue weighted by atomic mass is 9.77. The van der Waals surface area contributed by atoms with Crippen molar-refractivity contribution in [1.82, 2.24) is 35.8 Å². The normalized spacial score (nSPS) is 19.9. The standard InChI is InChI=1S/C55H63N13O8S/c56-64-58-24-10-3-4-16-51(71)67-28-26-66(27-29-67)38-18-21-43-47(31-38)75-46-30-36(17-20-42(46)55(43)41-13-6-5-12-40(41)53(72)76-55)61-63-44-22-19-39(69)32-48(44)74-34-37-33-68(65-62-37)25-11-2-1-9-23-57-50(70)15-8-7-14-49-52-45(35-77-49)59-54(73)60-52/h5-6,12-13,17-22,30-33,45,49,52,69H,1-4,7-11,14-16,23-29,34-35H2,(H,57,70)(H2,59,60,73)/t45-,49-,52-,55?/m0/s1. The number of aromatic hydroxyl groups is 1. The number of carbonyl (C=O) groups excluding carboxylic acids is 4. The average Bonchev–Trinajstić information content (AvgIpc) is 4.26. The van der Waals surface area contributed by atoms with Gasteiger partial charge in [-0.15, -0.1) is 10.2 Å². The number of azo groups is 1. The van der Waals surface area contributed by atoms with Crippen LogP contribution in [-0.4, -0.2) is 111 Å². The van der Waals surface area contributed by atoms with Gasteiger partial charge in [-0.1, -0.05) is 54.2 Å². The second kappa shape index (κ2) is 24.4. The van der Waals surface area contributed by atoms with Crippen molar-refractivity contribution in [2.75, 3.05) is 49.9 Å². The number of piperazine rings is 1. The van der Waals surface area contributed by atoms with Gasteiger partial charge in [-0.2, -0.15) is 16.9 Å². The van der Waals surface area contributed by atoms with Crippen LogP contribution in [0, 0.1) is 0 Å². The molecule has 1 spiro atoms. The van der Waals surface area contributed by atoms with E-state index in [1.165, 1.54) is 12.1 Å². The molecule has 1 aromatic heterocycles. The second-order valence-corrected chi connectivity index (χ2v) is 21.2. The van der Waals surface area contributed by atoms with Gasteiger partial charge in [0.1, 0.15) is 35.2 Å². The monoisotopic (exact) mass is 1070 g/mol. The number of anilines is 1. The number of hydrogen-bond donors (Lipinski definition) is 4. The summed E-state index contributed by atoms with van der Waals surface area (Å²) < 4.78 is 21.0. The van der Waals surface area contributed by atoms with Crippen molar-refractivity contribution in [3.05, 3.63) is 123 Å². The van der Waals surface area contributed by atoms with E-state index in [0.717, 1.165) is 75.6 Å². The largest absolute Gasteiger partial charge is 0.508 e. The highest BCUT2D eigenvalue weighted by Crippen LogP contribution is 2.57. The fourth-order valence-corrected chi connectivity index (χ4v) is 12.3. The SMILES string of the molecule is [N-]=[N+]=NCCCCCC(=O)N1CCN(c2ccc3c(c2)Oc2cc(N=Nc4ccc(O)cc4OCc4cn(CCCCCCNC(=O)CCCC[C@@H]5SC[C@@H]6NC(=O)N[C@@H]65)nn4)ccc2C32OC(=O)c3ccccc32)CC1. The minimum atomic E-state index is -1.28. The van der Waals surface area contributed by atoms with E-state index in [1.54, 1.807) is 28.9 Å². The Hall–Kier alpha value is -7.84. The number of thioether (sulfide) groups is 1. The lowest BCUT2D eigenvalue weighted by Crippen LogP contribution is -2.48. The van der Waals surface area contributed by atoms with Crippen molar-refractivity contribution in [2.45, 2.75) is 113 Å². The highest BCUT2D eigenvalue weighted by molar-refractivity contribution is 8.00. The Morgan fingerprint density at radius 1 is 0.870 bits per heavy atom. The van der Waals surface area contributed by atoms with E-state index >= 15 is 0 Å². The molecule has 5 aromatic rings. The number of esters is 1. The van der Waals surface area contributed by atoms with E-state index < -0.39 is 11.6 Å². The van der Waals surface area contributed by atoms with Crippen LogP contribution in [0.25, 0.3) is 10.4 Å². The van der Waals surface area contributed by atoms with Crippen molar-refractivity contribution in [1.29, 1.82) is 0 Å². The number of carbonyl (C=O) groups is 4. The van der Waals surface area contributed by atoms with Gasteiger partial charge in [0.15, 0.2) is 11.4 Å². The number of benzene rings is 4. The molecule has 10 rings (SSSR count). The molecule has 1 unspecified atom stereocenters. The number of unbranched alkanes of at least 4 members (excludes halogenated alkanes) is 6. The molecule has 0 bridgehead atoms. The number of ether oxygens (including phenoxy) is 3. The van der Waals surface area contributed by atoms with E-state index in [4.69, 9.17) is 19.7 Å². The summed E-state index contributed by atoms with van der Waals surface area (Å²) in [7, 11) is 0. The van der Waals surface area contributed by atoms with Gasteiger partial charge in [0.25, 0.3) is 0 Å². The molecule has 5 aliphatic heterocycles. The van der Waals surface area contributed by atoms with E-state index in [0.29, 0.717) is 120 Å². The summed E-state index contributed by atoms with van der Waals surface area (Å²) in [5, 5.41) is 41.1. The van der Waals surface area contributed by atoms with Crippen LogP contribution in [0.1, 0.15) is 110 Å². The smallest absolute Gasteiger partial charge is 0.340 e. The Kier molecular flexibility index (Phi) is 16.7. The van der Waals surface area contributed by atoms with E-state index in [-0.39, 0.29) is 42.3 Å². The van der Waals surface area contributed by atoms with E-state index in [1.807, 2.05) is 65.3 Å². The summed E-state index contributed by atoms with van der Waals surface area (Å²) in [4.78, 5) is 57.5. The molecule has 21 nitrogen and oxygen atoms in total. The Morgan fingerprint density at radius 3 is 2.55 bits per heavy atom. The number of nitrogens with one attached hydrogen (secondary N) is 3. The van der Waals surface area contributed by atoms with Gasteiger partial charge < -0.3 is 45.1 Å². The van der Waals surface area contributed by atoms with Crippen LogP contribution in [0.5, 0.6) is 23.0 Å². The fraction of sp³-hybridized carbons (Fsp3) is 0.455. The molecule has 3 fully saturated rings. The summed E-state index contributed by atoms with van der Waals surface area (Å²) >= 11 is 1.90. The average molecular weight is 1070 g/mol. The fourth-order valence-electron chi connectivity index (χ4n) is 10.8. The van der Waals surface area contributed by atoms with Gasteiger partial charge in [-0.05, 0) is 86.5 Å². The molecule has 0 radical (unpaired) electrons. The van der Waals surface area contributed by atoms with Crippen LogP contribution < -0.4 is 30.3 Å². The van der Waals surface area contributed by atoms with Crippen molar-refractivity contribution < 1.29 is 38.5 Å². The number of amides is 4. The summed E-state index contributed by atoms with van der Waals surface area (Å²) in [6.07, 6.45) is 11.7. The van der Waals surface area contributed by atoms with Crippen molar-refractivity contribution in [2.24, 2.45) is 15.3 Å². The number of urea groups is 1. The summed E-state index contributed by atoms with van der Waals surface area (Å²) in [6, 6.07) is 23.6. The molecular weight excluding hydrogens is 1000 g/mol. The first kappa shape index (κ1) is 52.6. The van der Waals surface area contributed by atoms with Crippen LogP contribution in [0.2, 0.25) is 0 Å².